The van der Waals surface area contributed by atoms with Gasteiger partial charge in [-0.25, -0.2) is 0 Å². The maximum absolute atomic E-state index is 10.5. The Morgan fingerprint density at radius 1 is 1.11 bits per heavy atom. The van der Waals surface area contributed by atoms with E-state index in [1.807, 2.05) is 0 Å². The number of aliphatic hydroxyl groups is 1. The molecule has 1 unspecified atom stereocenters. The van der Waals surface area contributed by atoms with Gasteiger partial charge in [0.25, 0.3) is 0 Å². The van der Waals surface area contributed by atoms with E-state index in [2.05, 4.69) is 32.0 Å². The first-order valence-corrected chi connectivity index (χ1v) is 7.13. The van der Waals surface area contributed by atoms with E-state index in [-0.39, 0.29) is 6.10 Å². The highest BCUT2D eigenvalue weighted by molar-refractivity contribution is 5.34. The van der Waals surface area contributed by atoms with Gasteiger partial charge in [-0.2, -0.15) is 0 Å². The fourth-order valence-electron chi connectivity index (χ4n) is 2.85. The van der Waals surface area contributed by atoms with Crippen LogP contribution in [0.3, 0.4) is 0 Å². The summed E-state index contributed by atoms with van der Waals surface area (Å²) < 4.78 is 5.42. The molecule has 1 N–H and O–H groups in total. The molecule has 1 aromatic carbocycles. The van der Waals surface area contributed by atoms with E-state index in [1.165, 1.54) is 11.1 Å². The number of fused-ring (bicyclic) bond motifs is 1. The lowest BCUT2D eigenvalue weighted by Crippen LogP contribution is -2.13. The summed E-state index contributed by atoms with van der Waals surface area (Å²) in [5, 5.41) is 10.5. The molecule has 18 heavy (non-hydrogen) atoms. The monoisotopic (exact) mass is 248 g/mol. The van der Waals surface area contributed by atoms with Crippen LogP contribution in [0.15, 0.2) is 18.2 Å². The van der Waals surface area contributed by atoms with Crippen molar-refractivity contribution in [2.24, 2.45) is 5.92 Å². The fourth-order valence-corrected chi connectivity index (χ4v) is 2.85. The van der Waals surface area contributed by atoms with Gasteiger partial charge < -0.3 is 9.84 Å². The molecule has 1 aliphatic rings. The van der Waals surface area contributed by atoms with Gasteiger partial charge in [-0.3, -0.25) is 0 Å². The lowest BCUT2D eigenvalue weighted by Gasteiger charge is -2.23. The first kappa shape index (κ1) is 13.6. The SMILES string of the molecule is CCCC(CCC)C(O)c1ccc2c(c1)COC2. The van der Waals surface area contributed by atoms with Crippen molar-refractivity contribution in [1.29, 1.82) is 0 Å². The Bertz CT molecular complexity index is 381. The third-order valence-electron chi connectivity index (χ3n) is 3.85. The predicted molar refractivity (Wildman–Crippen MR) is 73.2 cm³/mol. The molecular weight excluding hydrogens is 224 g/mol. The van der Waals surface area contributed by atoms with E-state index < -0.39 is 0 Å². The molecule has 0 radical (unpaired) electrons. The van der Waals surface area contributed by atoms with E-state index in [4.69, 9.17) is 4.74 Å². The Kier molecular flexibility index (Phi) is 4.79. The summed E-state index contributed by atoms with van der Waals surface area (Å²) in [6.45, 7) is 5.79. The topological polar surface area (TPSA) is 29.5 Å². The van der Waals surface area contributed by atoms with E-state index in [0.29, 0.717) is 12.5 Å². The van der Waals surface area contributed by atoms with Gasteiger partial charge in [0.2, 0.25) is 0 Å². The van der Waals surface area contributed by atoms with Crippen molar-refractivity contribution in [1.82, 2.24) is 0 Å². The number of benzene rings is 1. The molecule has 0 amide bonds. The smallest absolute Gasteiger partial charge is 0.0818 e. The second kappa shape index (κ2) is 6.35. The van der Waals surface area contributed by atoms with Crippen LogP contribution in [0.4, 0.5) is 0 Å². The third-order valence-corrected chi connectivity index (χ3v) is 3.85. The molecule has 2 rings (SSSR count). The zero-order valence-electron chi connectivity index (χ0n) is 11.5. The predicted octanol–water partition coefficient (Wildman–Crippen LogP) is 3.97. The molecule has 2 heteroatoms. The highest BCUT2D eigenvalue weighted by atomic mass is 16.5. The molecule has 1 aliphatic heterocycles. The summed E-state index contributed by atoms with van der Waals surface area (Å²) in [5.74, 6) is 0.389. The number of hydrogen-bond acceptors (Lipinski definition) is 2. The second-order valence-corrected chi connectivity index (χ2v) is 5.30. The summed E-state index contributed by atoms with van der Waals surface area (Å²) in [6.07, 6.45) is 4.15. The number of aliphatic hydroxyl groups excluding tert-OH is 1. The van der Waals surface area contributed by atoms with Crippen molar-refractivity contribution < 1.29 is 9.84 Å². The molecule has 1 atom stereocenters. The maximum Gasteiger partial charge on any atom is 0.0818 e. The van der Waals surface area contributed by atoms with Gasteiger partial charge in [0.05, 0.1) is 19.3 Å². The van der Waals surface area contributed by atoms with Crippen LogP contribution in [0.1, 0.15) is 62.3 Å². The number of rotatable bonds is 6. The van der Waals surface area contributed by atoms with Crippen molar-refractivity contribution >= 4 is 0 Å². The van der Waals surface area contributed by atoms with Crippen molar-refractivity contribution in [2.45, 2.75) is 58.8 Å². The van der Waals surface area contributed by atoms with Crippen LogP contribution in [0, 0.1) is 5.92 Å². The summed E-state index contributed by atoms with van der Waals surface area (Å²) in [6, 6.07) is 6.30. The summed E-state index contributed by atoms with van der Waals surface area (Å²) in [4.78, 5) is 0. The van der Waals surface area contributed by atoms with Gasteiger partial charge in [0.1, 0.15) is 0 Å². The average Bonchev–Trinajstić information content (AvgIpc) is 2.84. The van der Waals surface area contributed by atoms with Crippen LogP contribution in [0.5, 0.6) is 0 Å². The van der Waals surface area contributed by atoms with E-state index >= 15 is 0 Å². The minimum absolute atomic E-state index is 0.323. The molecule has 1 aromatic rings. The Labute approximate surface area is 110 Å². The highest BCUT2D eigenvalue weighted by Gasteiger charge is 2.21. The van der Waals surface area contributed by atoms with Crippen LogP contribution in [0.2, 0.25) is 0 Å². The lowest BCUT2D eigenvalue weighted by molar-refractivity contribution is 0.0962. The molecule has 0 saturated carbocycles. The minimum Gasteiger partial charge on any atom is -0.388 e. The van der Waals surface area contributed by atoms with E-state index in [9.17, 15) is 5.11 Å². The van der Waals surface area contributed by atoms with Crippen molar-refractivity contribution in [3.8, 4) is 0 Å². The Balaban J connectivity index is 2.13. The lowest BCUT2D eigenvalue weighted by atomic mass is 9.87. The van der Waals surface area contributed by atoms with Gasteiger partial charge in [-0.1, -0.05) is 44.9 Å². The standard InChI is InChI=1S/C16H24O2/c1-3-5-12(6-4-2)16(17)13-7-8-14-10-18-11-15(14)9-13/h7-9,12,16-17H,3-6,10-11H2,1-2H3. The molecule has 0 aromatic heterocycles. The zero-order valence-corrected chi connectivity index (χ0v) is 11.5. The molecule has 0 bridgehead atoms. The largest absolute Gasteiger partial charge is 0.388 e. The Hall–Kier alpha value is -0.860. The summed E-state index contributed by atoms with van der Waals surface area (Å²) in [5.41, 5.74) is 3.58. The van der Waals surface area contributed by atoms with Crippen molar-refractivity contribution in [2.75, 3.05) is 0 Å². The van der Waals surface area contributed by atoms with Gasteiger partial charge in [-0.05, 0) is 35.4 Å². The van der Waals surface area contributed by atoms with Gasteiger partial charge in [0, 0.05) is 0 Å². The first-order chi connectivity index (χ1) is 8.76. The van der Waals surface area contributed by atoms with Crippen molar-refractivity contribution in [3.63, 3.8) is 0 Å². The van der Waals surface area contributed by atoms with E-state index in [0.717, 1.165) is 37.9 Å². The molecular formula is C16H24O2. The van der Waals surface area contributed by atoms with E-state index in [1.54, 1.807) is 0 Å². The van der Waals surface area contributed by atoms with Gasteiger partial charge in [-0.15, -0.1) is 0 Å². The van der Waals surface area contributed by atoms with Crippen LogP contribution in [-0.4, -0.2) is 5.11 Å². The number of hydrogen-bond donors (Lipinski definition) is 1. The quantitative estimate of drug-likeness (QED) is 0.825. The second-order valence-electron chi connectivity index (χ2n) is 5.30. The maximum atomic E-state index is 10.5. The molecule has 1 heterocycles. The molecule has 0 fully saturated rings. The van der Waals surface area contributed by atoms with Crippen LogP contribution < -0.4 is 0 Å². The molecule has 0 spiro atoms. The molecule has 0 aliphatic carbocycles. The minimum atomic E-state index is -0.323. The molecule has 2 nitrogen and oxygen atoms in total. The van der Waals surface area contributed by atoms with Crippen LogP contribution >= 0.6 is 0 Å². The molecule has 100 valence electrons. The van der Waals surface area contributed by atoms with Gasteiger partial charge >= 0.3 is 0 Å². The van der Waals surface area contributed by atoms with Crippen LogP contribution in [-0.2, 0) is 18.0 Å². The highest BCUT2D eigenvalue weighted by Crippen LogP contribution is 2.32. The average molecular weight is 248 g/mol. The Morgan fingerprint density at radius 3 is 2.44 bits per heavy atom. The molecule has 0 saturated heterocycles. The normalized spacial score (nSPS) is 16.0. The first-order valence-electron chi connectivity index (χ1n) is 7.13. The van der Waals surface area contributed by atoms with Crippen molar-refractivity contribution in [3.05, 3.63) is 34.9 Å². The fraction of sp³-hybridized carbons (Fsp3) is 0.625. The third kappa shape index (κ3) is 2.93. The van der Waals surface area contributed by atoms with Crippen LogP contribution in [0.25, 0.3) is 0 Å². The zero-order chi connectivity index (χ0) is 13.0. The Morgan fingerprint density at radius 2 is 1.78 bits per heavy atom. The van der Waals surface area contributed by atoms with Gasteiger partial charge in [0.15, 0.2) is 0 Å². The summed E-state index contributed by atoms with van der Waals surface area (Å²) >= 11 is 0. The summed E-state index contributed by atoms with van der Waals surface area (Å²) in [7, 11) is 0. The number of ether oxygens (including phenoxy) is 1.